The Morgan fingerprint density at radius 2 is 2.16 bits per heavy atom. The molecule has 7 nitrogen and oxygen atoms in total. The van der Waals surface area contributed by atoms with E-state index in [1.807, 2.05) is 6.07 Å². The zero-order valence-corrected chi connectivity index (χ0v) is 11.5. The van der Waals surface area contributed by atoms with Gasteiger partial charge >= 0.3 is 5.97 Å². The average molecular weight is 327 g/mol. The number of fused-ring (bicyclic) bond motifs is 1. The molecule has 2 aromatic heterocycles. The summed E-state index contributed by atoms with van der Waals surface area (Å²) in [5, 5.41) is 12.9. The van der Waals surface area contributed by atoms with Crippen molar-refractivity contribution in [2.24, 2.45) is 0 Å². The molecule has 0 aliphatic carbocycles. The van der Waals surface area contributed by atoms with Crippen LogP contribution < -0.4 is 4.90 Å². The highest BCUT2D eigenvalue weighted by Gasteiger charge is 2.19. The van der Waals surface area contributed by atoms with Crippen molar-refractivity contribution in [1.29, 1.82) is 0 Å². The summed E-state index contributed by atoms with van der Waals surface area (Å²) in [5.41, 5.74) is 1.40. The van der Waals surface area contributed by atoms with Crippen LogP contribution in [0.3, 0.4) is 0 Å². The van der Waals surface area contributed by atoms with Crippen LogP contribution in [0, 0.1) is 0 Å². The maximum absolute atomic E-state index is 11.0. The molecule has 0 atom stereocenters. The first kappa shape index (κ1) is 12.4. The summed E-state index contributed by atoms with van der Waals surface area (Å²) in [6.07, 6.45) is 1.69. The van der Waals surface area contributed by atoms with E-state index in [2.05, 4.69) is 30.9 Å². The van der Waals surface area contributed by atoms with Crippen molar-refractivity contribution in [2.45, 2.75) is 0 Å². The summed E-state index contributed by atoms with van der Waals surface area (Å²) in [5.74, 6) is -1.33. The highest BCUT2D eigenvalue weighted by atomic mass is 79.9. The van der Waals surface area contributed by atoms with Crippen molar-refractivity contribution in [3.63, 3.8) is 0 Å². The Morgan fingerprint density at radius 1 is 1.42 bits per heavy atom. The Balaban J connectivity index is 2.13. The van der Waals surface area contributed by atoms with Crippen LogP contribution in [0.1, 0.15) is 10.6 Å². The van der Waals surface area contributed by atoms with E-state index in [1.54, 1.807) is 6.20 Å². The Hall–Kier alpha value is -1.67. The summed E-state index contributed by atoms with van der Waals surface area (Å²) >= 11 is 3.40. The number of anilines is 1. The van der Waals surface area contributed by atoms with E-state index in [-0.39, 0.29) is 5.82 Å². The molecule has 0 unspecified atom stereocenters. The first-order chi connectivity index (χ1) is 9.15. The van der Waals surface area contributed by atoms with Crippen LogP contribution in [0.25, 0.3) is 5.65 Å². The molecule has 1 N–H and O–H groups in total. The SMILES string of the molecule is O=C(O)c1nc2c(N3CCOCC3)cc(Br)cn2n1. The molecular weight excluding hydrogens is 316 g/mol. The number of hydrogen-bond acceptors (Lipinski definition) is 5. The minimum atomic E-state index is -1.13. The number of rotatable bonds is 2. The topological polar surface area (TPSA) is 80.0 Å². The van der Waals surface area contributed by atoms with E-state index in [0.29, 0.717) is 18.9 Å². The van der Waals surface area contributed by atoms with Gasteiger partial charge in [0.25, 0.3) is 5.82 Å². The van der Waals surface area contributed by atoms with Crippen molar-refractivity contribution >= 4 is 33.2 Å². The highest BCUT2D eigenvalue weighted by molar-refractivity contribution is 9.10. The van der Waals surface area contributed by atoms with Crippen LogP contribution in [0.4, 0.5) is 5.69 Å². The van der Waals surface area contributed by atoms with Gasteiger partial charge < -0.3 is 14.7 Å². The molecule has 1 saturated heterocycles. The molecule has 1 aliphatic rings. The summed E-state index contributed by atoms with van der Waals surface area (Å²) in [7, 11) is 0. The minimum Gasteiger partial charge on any atom is -0.475 e. The molecule has 0 bridgehead atoms. The largest absolute Gasteiger partial charge is 0.475 e. The number of ether oxygens (including phenoxy) is 1. The fourth-order valence-corrected chi connectivity index (χ4v) is 2.48. The molecule has 8 heteroatoms. The number of morpholine rings is 1. The molecule has 0 saturated carbocycles. The molecule has 0 spiro atoms. The van der Waals surface area contributed by atoms with E-state index < -0.39 is 5.97 Å². The molecule has 2 aromatic rings. The Bertz CT molecular complexity index is 636. The number of halogens is 1. The molecule has 1 aliphatic heterocycles. The van der Waals surface area contributed by atoms with Crippen LogP contribution in [-0.2, 0) is 4.74 Å². The third-order valence-corrected chi connectivity index (χ3v) is 3.36. The number of carbonyl (C=O) groups is 1. The van der Waals surface area contributed by atoms with Crippen molar-refractivity contribution in [2.75, 3.05) is 31.2 Å². The third-order valence-electron chi connectivity index (χ3n) is 2.92. The van der Waals surface area contributed by atoms with Gasteiger partial charge in [-0.05, 0) is 22.0 Å². The zero-order valence-electron chi connectivity index (χ0n) is 9.91. The normalized spacial score (nSPS) is 15.9. The maximum Gasteiger partial charge on any atom is 0.375 e. The van der Waals surface area contributed by atoms with Crippen LogP contribution in [-0.4, -0.2) is 52.0 Å². The van der Waals surface area contributed by atoms with E-state index >= 15 is 0 Å². The molecule has 0 aromatic carbocycles. The molecule has 3 heterocycles. The molecule has 0 amide bonds. The van der Waals surface area contributed by atoms with Gasteiger partial charge in [-0.15, -0.1) is 5.10 Å². The van der Waals surface area contributed by atoms with Gasteiger partial charge in [-0.1, -0.05) is 0 Å². The van der Waals surface area contributed by atoms with Gasteiger partial charge in [0.2, 0.25) is 0 Å². The maximum atomic E-state index is 11.0. The first-order valence-corrected chi connectivity index (χ1v) is 6.56. The molecule has 0 radical (unpaired) electrons. The number of aromatic nitrogens is 3. The molecule has 3 rings (SSSR count). The van der Waals surface area contributed by atoms with E-state index in [4.69, 9.17) is 9.84 Å². The fraction of sp³-hybridized carbons (Fsp3) is 0.364. The van der Waals surface area contributed by atoms with Gasteiger partial charge in [-0.25, -0.2) is 9.31 Å². The average Bonchev–Trinajstić information content (AvgIpc) is 2.82. The van der Waals surface area contributed by atoms with E-state index in [0.717, 1.165) is 23.2 Å². The van der Waals surface area contributed by atoms with E-state index in [1.165, 1.54) is 4.52 Å². The second-order valence-electron chi connectivity index (χ2n) is 4.15. The smallest absolute Gasteiger partial charge is 0.375 e. The number of carboxylic acids is 1. The number of hydrogen-bond donors (Lipinski definition) is 1. The van der Waals surface area contributed by atoms with Crippen molar-refractivity contribution in [3.05, 3.63) is 22.6 Å². The summed E-state index contributed by atoms with van der Waals surface area (Å²) < 4.78 is 7.62. The molecule has 100 valence electrons. The number of aromatic carboxylic acids is 1. The standard InChI is InChI=1S/C11H11BrN4O3/c12-7-5-8(15-1-3-19-4-2-15)10-13-9(11(17)18)14-16(10)6-7/h5-6H,1-4H2,(H,17,18). The van der Waals surface area contributed by atoms with Gasteiger partial charge in [-0.2, -0.15) is 4.98 Å². The highest BCUT2D eigenvalue weighted by Crippen LogP contribution is 2.25. The quantitative estimate of drug-likeness (QED) is 0.887. The second-order valence-corrected chi connectivity index (χ2v) is 5.07. The summed E-state index contributed by atoms with van der Waals surface area (Å²) in [6, 6.07) is 1.92. The Morgan fingerprint density at radius 3 is 2.84 bits per heavy atom. The first-order valence-electron chi connectivity index (χ1n) is 5.77. The number of nitrogens with zero attached hydrogens (tertiary/aromatic N) is 4. The number of pyridine rings is 1. The predicted molar refractivity (Wildman–Crippen MR) is 70.7 cm³/mol. The lowest BCUT2D eigenvalue weighted by Crippen LogP contribution is -2.36. The van der Waals surface area contributed by atoms with Gasteiger partial charge in [0.1, 0.15) is 0 Å². The summed E-state index contributed by atoms with van der Waals surface area (Å²) in [4.78, 5) is 17.2. The minimum absolute atomic E-state index is 0.201. The van der Waals surface area contributed by atoms with Crippen molar-refractivity contribution < 1.29 is 14.6 Å². The van der Waals surface area contributed by atoms with Gasteiger partial charge in [0.05, 0.1) is 18.9 Å². The van der Waals surface area contributed by atoms with E-state index in [9.17, 15) is 4.79 Å². The van der Waals surface area contributed by atoms with Crippen molar-refractivity contribution in [3.8, 4) is 0 Å². The monoisotopic (exact) mass is 326 g/mol. The Labute approximate surface area is 116 Å². The van der Waals surface area contributed by atoms with Gasteiger partial charge in [0, 0.05) is 23.8 Å². The molecule has 1 fully saturated rings. The van der Waals surface area contributed by atoms with Crippen LogP contribution in [0.15, 0.2) is 16.7 Å². The van der Waals surface area contributed by atoms with Gasteiger partial charge in [0.15, 0.2) is 5.65 Å². The van der Waals surface area contributed by atoms with Crippen molar-refractivity contribution in [1.82, 2.24) is 14.6 Å². The lowest BCUT2D eigenvalue weighted by atomic mass is 10.3. The van der Waals surface area contributed by atoms with Crippen LogP contribution in [0.2, 0.25) is 0 Å². The summed E-state index contributed by atoms with van der Waals surface area (Å²) in [6.45, 7) is 2.81. The van der Waals surface area contributed by atoms with Gasteiger partial charge in [-0.3, -0.25) is 0 Å². The molecule has 19 heavy (non-hydrogen) atoms. The second kappa shape index (κ2) is 4.78. The Kier molecular flexibility index (Phi) is 3.11. The van der Waals surface area contributed by atoms with Crippen LogP contribution in [0.5, 0.6) is 0 Å². The lowest BCUT2D eigenvalue weighted by Gasteiger charge is -2.28. The zero-order chi connectivity index (χ0) is 13.4. The lowest BCUT2D eigenvalue weighted by molar-refractivity contribution is 0.0684. The predicted octanol–water partition coefficient (Wildman–Crippen LogP) is 1.03. The molecular formula is C11H11BrN4O3. The fourth-order valence-electron chi connectivity index (χ4n) is 2.06. The van der Waals surface area contributed by atoms with Crippen LogP contribution >= 0.6 is 15.9 Å². The third kappa shape index (κ3) is 2.28. The number of carboxylic acid groups (broad SMARTS) is 1.